The van der Waals surface area contributed by atoms with Crippen LogP contribution in [-0.2, 0) is 0 Å². The van der Waals surface area contributed by atoms with Gasteiger partial charge in [0.2, 0.25) is 0 Å². The number of hydrogen-bond donors (Lipinski definition) is 1. The third-order valence-corrected chi connectivity index (χ3v) is 5.26. The predicted molar refractivity (Wildman–Crippen MR) is 118 cm³/mol. The molecule has 0 saturated heterocycles. The Hall–Kier alpha value is -3.07. The van der Waals surface area contributed by atoms with Crippen LogP contribution in [0.2, 0.25) is 0 Å². The van der Waals surface area contributed by atoms with Crippen LogP contribution in [0.25, 0.3) is 16.9 Å². The van der Waals surface area contributed by atoms with E-state index < -0.39 is 0 Å². The second-order valence-corrected chi connectivity index (χ2v) is 7.55. The van der Waals surface area contributed by atoms with Crippen molar-refractivity contribution in [3.05, 3.63) is 86.6 Å². The van der Waals surface area contributed by atoms with Crippen LogP contribution in [0.5, 0.6) is 0 Å². The number of carbonyl (C=O) groups is 1. The molecule has 28 heavy (non-hydrogen) atoms. The third kappa shape index (κ3) is 3.65. The molecule has 0 fully saturated rings. The molecule has 0 aliphatic rings. The van der Waals surface area contributed by atoms with Crippen molar-refractivity contribution in [1.82, 2.24) is 9.38 Å². The fraction of sp³-hybridized carbons (Fsp3) is 0.0476. The van der Waals surface area contributed by atoms with Crippen LogP contribution in [0.1, 0.15) is 15.9 Å². The molecule has 6 nitrogen and oxygen atoms in total. The molecular weight excluding hydrogens is 467 g/mol. The van der Waals surface area contributed by atoms with E-state index in [-0.39, 0.29) is 11.6 Å². The van der Waals surface area contributed by atoms with Crippen molar-refractivity contribution in [3.8, 4) is 11.3 Å². The van der Waals surface area contributed by atoms with Crippen molar-refractivity contribution in [3.63, 3.8) is 0 Å². The average molecular weight is 482 g/mol. The van der Waals surface area contributed by atoms with Gasteiger partial charge in [0.05, 0.1) is 5.69 Å². The Balaban J connectivity index is 1.54. The molecule has 7 heteroatoms. The largest absolute Gasteiger partial charge is 0.322 e. The van der Waals surface area contributed by atoms with E-state index >= 15 is 0 Å². The van der Waals surface area contributed by atoms with Gasteiger partial charge in [0, 0.05) is 32.8 Å². The van der Waals surface area contributed by atoms with Gasteiger partial charge >= 0.3 is 0 Å². The molecule has 138 valence electrons. The van der Waals surface area contributed by atoms with Gasteiger partial charge in [-0.15, -0.1) is 4.91 Å². The number of amides is 1. The number of rotatable bonds is 4. The lowest BCUT2D eigenvalue weighted by Gasteiger charge is -2.07. The van der Waals surface area contributed by atoms with Crippen LogP contribution in [0.3, 0.4) is 0 Å². The lowest BCUT2D eigenvalue weighted by molar-refractivity contribution is 0.102. The van der Waals surface area contributed by atoms with Crippen LogP contribution in [0, 0.1) is 15.4 Å². The van der Waals surface area contributed by atoms with Crippen LogP contribution >= 0.6 is 22.6 Å². The average Bonchev–Trinajstić information content (AvgIpc) is 3.12. The van der Waals surface area contributed by atoms with Gasteiger partial charge in [-0.3, -0.25) is 4.79 Å². The van der Waals surface area contributed by atoms with E-state index in [1.807, 2.05) is 82.7 Å². The summed E-state index contributed by atoms with van der Waals surface area (Å²) in [5, 5.41) is 5.77. The molecule has 2 aromatic carbocycles. The van der Waals surface area contributed by atoms with Crippen LogP contribution in [0.15, 0.2) is 72.2 Å². The number of aromatic nitrogens is 2. The van der Waals surface area contributed by atoms with Gasteiger partial charge in [-0.2, -0.15) is 0 Å². The number of carbonyl (C=O) groups excluding carboxylic acids is 1. The van der Waals surface area contributed by atoms with Crippen molar-refractivity contribution in [1.29, 1.82) is 0 Å². The number of nitrogens with one attached hydrogen (secondary N) is 1. The molecule has 0 spiro atoms. The predicted octanol–water partition coefficient (Wildman–Crippen LogP) is 5.56. The first-order valence-electron chi connectivity index (χ1n) is 8.53. The Kier molecular flexibility index (Phi) is 4.91. The molecule has 0 unspecified atom stereocenters. The Morgan fingerprint density at radius 2 is 1.86 bits per heavy atom. The van der Waals surface area contributed by atoms with Crippen molar-refractivity contribution in [2.45, 2.75) is 6.92 Å². The SMILES string of the molecule is Cc1ccc2nc(-c3ccc(NC(=O)c4ccc(I)c(N=O)c4)cc3)cn2c1. The van der Waals surface area contributed by atoms with E-state index in [1.165, 1.54) is 6.07 Å². The van der Waals surface area contributed by atoms with Crippen LogP contribution in [-0.4, -0.2) is 15.3 Å². The molecule has 0 bridgehead atoms. The number of imidazole rings is 1. The first-order valence-corrected chi connectivity index (χ1v) is 9.61. The van der Waals surface area contributed by atoms with Crippen molar-refractivity contribution < 1.29 is 4.79 Å². The minimum atomic E-state index is -0.294. The van der Waals surface area contributed by atoms with Gasteiger partial charge in [-0.25, -0.2) is 4.98 Å². The van der Waals surface area contributed by atoms with E-state index in [0.717, 1.165) is 22.5 Å². The number of nitrogens with zero attached hydrogens (tertiary/aromatic N) is 3. The summed E-state index contributed by atoms with van der Waals surface area (Å²) in [6.07, 6.45) is 4.01. The number of benzene rings is 2. The van der Waals surface area contributed by atoms with Gasteiger partial charge in [-0.05, 0) is 76.7 Å². The second-order valence-electron chi connectivity index (χ2n) is 6.39. The van der Waals surface area contributed by atoms with Crippen molar-refractivity contribution in [2.75, 3.05) is 5.32 Å². The lowest BCUT2D eigenvalue weighted by atomic mass is 10.1. The number of pyridine rings is 1. The number of anilines is 1. The number of fused-ring (bicyclic) bond motifs is 1. The van der Waals surface area contributed by atoms with Gasteiger partial charge in [-0.1, -0.05) is 18.2 Å². The Morgan fingerprint density at radius 3 is 2.61 bits per heavy atom. The molecule has 1 N–H and O–H groups in total. The molecule has 4 rings (SSSR count). The molecule has 2 aromatic heterocycles. The highest BCUT2D eigenvalue weighted by atomic mass is 127. The first-order chi connectivity index (χ1) is 13.5. The number of hydrogen-bond acceptors (Lipinski definition) is 4. The molecular formula is C21H15IN4O2. The number of aryl methyl sites for hydroxylation is 1. The standard InChI is InChI=1S/C21H15IN4O2/c1-13-2-9-20-24-19(12-26(20)11-13)14-3-6-16(7-4-14)23-21(27)15-5-8-17(22)18(10-15)25-28/h2-12H,1H3,(H,23,27). The Labute approximate surface area is 174 Å². The molecule has 0 atom stereocenters. The molecule has 0 aliphatic heterocycles. The normalized spacial score (nSPS) is 10.8. The Bertz CT molecular complexity index is 1200. The third-order valence-electron chi connectivity index (χ3n) is 4.34. The summed E-state index contributed by atoms with van der Waals surface area (Å²) < 4.78 is 2.70. The maximum atomic E-state index is 12.4. The molecule has 2 heterocycles. The molecule has 1 amide bonds. The van der Waals surface area contributed by atoms with Crippen LogP contribution < -0.4 is 5.32 Å². The maximum absolute atomic E-state index is 12.4. The highest BCUT2D eigenvalue weighted by Gasteiger charge is 2.10. The zero-order valence-corrected chi connectivity index (χ0v) is 17.0. The van der Waals surface area contributed by atoms with E-state index in [1.54, 1.807) is 12.1 Å². The summed E-state index contributed by atoms with van der Waals surface area (Å²) >= 11 is 2.01. The zero-order valence-electron chi connectivity index (χ0n) is 14.9. The summed E-state index contributed by atoms with van der Waals surface area (Å²) in [4.78, 5) is 27.9. The van der Waals surface area contributed by atoms with Crippen molar-refractivity contribution >= 4 is 45.5 Å². The summed E-state index contributed by atoms with van der Waals surface area (Å²) in [6.45, 7) is 2.04. The van der Waals surface area contributed by atoms with Gasteiger partial charge in [0.25, 0.3) is 5.91 Å². The summed E-state index contributed by atoms with van der Waals surface area (Å²) in [5.74, 6) is -0.294. The minimum absolute atomic E-state index is 0.255. The first kappa shape index (κ1) is 18.3. The summed E-state index contributed by atoms with van der Waals surface area (Å²) in [5.41, 5.74) is 5.17. The summed E-state index contributed by atoms with van der Waals surface area (Å²) in [7, 11) is 0. The molecule has 0 aliphatic carbocycles. The lowest BCUT2D eigenvalue weighted by Crippen LogP contribution is -2.11. The van der Waals surface area contributed by atoms with Gasteiger partial charge in [0.15, 0.2) is 0 Å². The fourth-order valence-electron chi connectivity index (χ4n) is 2.89. The van der Waals surface area contributed by atoms with Crippen molar-refractivity contribution in [2.24, 2.45) is 5.18 Å². The fourth-order valence-corrected chi connectivity index (χ4v) is 3.33. The quantitative estimate of drug-likeness (QED) is 0.306. The van der Waals surface area contributed by atoms with Gasteiger partial charge in [0.1, 0.15) is 11.3 Å². The van der Waals surface area contributed by atoms with E-state index in [0.29, 0.717) is 14.8 Å². The van der Waals surface area contributed by atoms with Crippen LogP contribution in [0.4, 0.5) is 11.4 Å². The highest BCUT2D eigenvalue weighted by Crippen LogP contribution is 2.24. The zero-order chi connectivity index (χ0) is 19.7. The van der Waals surface area contributed by atoms with E-state index in [2.05, 4.69) is 15.5 Å². The number of nitroso groups, excluding NO2 is 1. The Morgan fingerprint density at radius 1 is 1.07 bits per heavy atom. The maximum Gasteiger partial charge on any atom is 0.255 e. The highest BCUT2D eigenvalue weighted by molar-refractivity contribution is 14.1. The molecule has 4 aromatic rings. The summed E-state index contributed by atoms with van der Waals surface area (Å²) in [6, 6.07) is 16.3. The van der Waals surface area contributed by atoms with Gasteiger partial charge < -0.3 is 9.72 Å². The minimum Gasteiger partial charge on any atom is -0.322 e. The van der Waals surface area contributed by atoms with E-state index in [4.69, 9.17) is 0 Å². The topological polar surface area (TPSA) is 75.8 Å². The second kappa shape index (κ2) is 7.51. The monoisotopic (exact) mass is 482 g/mol. The smallest absolute Gasteiger partial charge is 0.255 e. The van der Waals surface area contributed by atoms with E-state index in [9.17, 15) is 9.70 Å². The molecule has 0 radical (unpaired) electrons. The molecule has 0 saturated carbocycles. The number of halogens is 1.